The van der Waals surface area contributed by atoms with Gasteiger partial charge in [-0.25, -0.2) is 8.42 Å². The van der Waals surface area contributed by atoms with Gasteiger partial charge in [0.2, 0.25) is 0 Å². The van der Waals surface area contributed by atoms with E-state index in [1.165, 1.54) is 19.2 Å². The SMILES string of the molecule is CN1C([14C](=O)NCCC[N+](C)(C)C)=C(O)c2ccccc2S1(=O)=O. The van der Waals surface area contributed by atoms with Gasteiger partial charge in [0.15, 0.2) is 11.5 Å². The zero-order valence-electron chi connectivity index (χ0n) is 14.4. The second-order valence-electron chi connectivity index (χ2n) is 6.79. The third-order valence-corrected chi connectivity index (χ3v) is 5.64. The van der Waals surface area contributed by atoms with Crippen molar-refractivity contribution in [2.45, 2.75) is 11.3 Å². The summed E-state index contributed by atoms with van der Waals surface area (Å²) in [6, 6.07) is 6.09. The first-order valence-corrected chi connectivity index (χ1v) is 9.10. The van der Waals surface area contributed by atoms with Crippen molar-refractivity contribution in [3.8, 4) is 0 Å². The van der Waals surface area contributed by atoms with E-state index in [9.17, 15) is 18.3 Å². The zero-order chi connectivity index (χ0) is 18.1. The Morgan fingerprint density at radius 3 is 2.50 bits per heavy atom. The molecule has 1 aliphatic rings. The molecule has 132 valence electrons. The lowest BCUT2D eigenvalue weighted by atomic mass is 10.2. The number of amides is 1. The molecule has 1 heterocycles. The number of sulfonamides is 1. The molecular formula is C16H24N3O4S+. The number of carbonyl (C=O) groups is 1. The maximum atomic E-state index is 12.5. The highest BCUT2D eigenvalue weighted by Crippen LogP contribution is 2.34. The highest BCUT2D eigenvalue weighted by atomic mass is 32.2. The summed E-state index contributed by atoms with van der Waals surface area (Å²) in [6.07, 6.45) is 0.746. The molecule has 0 bridgehead atoms. The van der Waals surface area contributed by atoms with Crippen LogP contribution in [-0.2, 0) is 14.8 Å². The van der Waals surface area contributed by atoms with E-state index in [0.717, 1.165) is 21.8 Å². The van der Waals surface area contributed by atoms with Crippen molar-refractivity contribution in [1.82, 2.24) is 9.62 Å². The Morgan fingerprint density at radius 2 is 1.88 bits per heavy atom. The number of carbonyl (C=O) groups excluding carboxylic acids is 1. The van der Waals surface area contributed by atoms with Crippen molar-refractivity contribution in [2.75, 3.05) is 41.3 Å². The molecule has 2 rings (SSSR count). The smallest absolute Gasteiger partial charge is 0.272 e. The predicted octanol–water partition coefficient (Wildman–Crippen LogP) is 0.760. The summed E-state index contributed by atoms with van der Waals surface area (Å²) in [6.45, 7) is 1.27. The summed E-state index contributed by atoms with van der Waals surface area (Å²) in [5.41, 5.74) is -0.106. The van der Waals surface area contributed by atoms with Gasteiger partial charge in [-0.2, -0.15) is 0 Å². The van der Waals surface area contributed by atoms with Gasteiger partial charge in [0.25, 0.3) is 15.9 Å². The highest BCUT2D eigenvalue weighted by Gasteiger charge is 2.37. The number of fused-ring (bicyclic) bond motifs is 1. The number of hydrogen-bond acceptors (Lipinski definition) is 4. The third-order valence-electron chi connectivity index (χ3n) is 3.83. The first kappa shape index (κ1) is 18.3. The number of rotatable bonds is 5. The first-order valence-electron chi connectivity index (χ1n) is 7.66. The van der Waals surface area contributed by atoms with Crippen LogP contribution in [0.15, 0.2) is 34.9 Å². The lowest BCUT2D eigenvalue weighted by Crippen LogP contribution is -2.41. The van der Waals surface area contributed by atoms with Crippen LogP contribution in [0.2, 0.25) is 0 Å². The van der Waals surface area contributed by atoms with Crippen LogP contribution < -0.4 is 5.32 Å². The monoisotopic (exact) mass is 356 g/mol. The average Bonchev–Trinajstić information content (AvgIpc) is 2.49. The third kappa shape index (κ3) is 3.54. The fraction of sp³-hybridized carbons (Fsp3) is 0.438. The molecule has 24 heavy (non-hydrogen) atoms. The van der Waals surface area contributed by atoms with Gasteiger partial charge in [-0.3, -0.25) is 9.10 Å². The van der Waals surface area contributed by atoms with Crippen LogP contribution in [0.3, 0.4) is 0 Å². The maximum Gasteiger partial charge on any atom is 0.272 e. The normalized spacial score (nSPS) is 16.8. The Bertz CT molecular complexity index is 779. The number of benzene rings is 1. The van der Waals surface area contributed by atoms with Crippen LogP contribution in [-0.4, -0.2) is 69.5 Å². The molecule has 7 nitrogen and oxygen atoms in total. The summed E-state index contributed by atoms with van der Waals surface area (Å²) in [5.74, 6) is -0.929. The molecule has 1 aromatic rings. The van der Waals surface area contributed by atoms with E-state index in [1.807, 2.05) is 0 Å². The van der Waals surface area contributed by atoms with Crippen LogP contribution in [0.4, 0.5) is 0 Å². The van der Waals surface area contributed by atoms with Crippen molar-refractivity contribution in [3.05, 3.63) is 35.5 Å². The molecule has 0 unspecified atom stereocenters. The van der Waals surface area contributed by atoms with Crippen LogP contribution in [0, 0.1) is 0 Å². The van der Waals surface area contributed by atoms with Gasteiger partial charge < -0.3 is 14.9 Å². The quantitative estimate of drug-likeness (QED) is 0.602. The number of aliphatic hydroxyl groups is 1. The Morgan fingerprint density at radius 1 is 1.25 bits per heavy atom. The van der Waals surface area contributed by atoms with Crippen LogP contribution in [0.1, 0.15) is 12.0 Å². The lowest BCUT2D eigenvalue weighted by Gasteiger charge is -2.28. The van der Waals surface area contributed by atoms with Crippen molar-refractivity contribution in [1.29, 1.82) is 0 Å². The highest BCUT2D eigenvalue weighted by molar-refractivity contribution is 7.89. The number of nitrogens with one attached hydrogen (secondary N) is 1. The van der Waals surface area contributed by atoms with Crippen molar-refractivity contribution in [3.63, 3.8) is 0 Å². The molecule has 0 aliphatic carbocycles. The number of hydrogen-bond donors (Lipinski definition) is 2. The number of nitrogens with zero attached hydrogens (tertiary/aromatic N) is 2. The molecule has 1 aromatic carbocycles. The zero-order valence-corrected chi connectivity index (χ0v) is 15.2. The molecule has 1 aliphatic heterocycles. The Labute approximate surface area is 142 Å². The van der Waals surface area contributed by atoms with Crippen LogP contribution >= 0.6 is 0 Å². The van der Waals surface area contributed by atoms with Gasteiger partial charge in [-0.15, -0.1) is 0 Å². The van der Waals surface area contributed by atoms with Crippen LogP contribution in [0.25, 0.3) is 5.76 Å². The molecule has 0 radical (unpaired) electrons. The molecule has 0 spiro atoms. The topological polar surface area (TPSA) is 86.7 Å². The van der Waals surface area contributed by atoms with E-state index in [4.69, 9.17) is 0 Å². The molecular weight excluding hydrogens is 332 g/mol. The van der Waals surface area contributed by atoms with E-state index in [0.29, 0.717) is 6.54 Å². The summed E-state index contributed by atoms with van der Waals surface area (Å²) in [5, 5.41) is 13.1. The van der Waals surface area contributed by atoms with Crippen molar-refractivity contribution < 1.29 is 22.8 Å². The Kier molecular flexibility index (Phi) is 4.91. The minimum atomic E-state index is -3.85. The number of likely N-dealkylation sites (N-methyl/N-ethyl adjacent to an activating group) is 1. The average molecular weight is 356 g/mol. The molecule has 8 heteroatoms. The number of aliphatic hydroxyl groups excluding tert-OH is 1. The summed E-state index contributed by atoms with van der Waals surface area (Å²) < 4.78 is 26.7. The van der Waals surface area contributed by atoms with Gasteiger partial charge in [0, 0.05) is 25.6 Å². The van der Waals surface area contributed by atoms with Gasteiger partial charge in [-0.1, -0.05) is 12.1 Å². The first-order chi connectivity index (χ1) is 11.1. The predicted molar refractivity (Wildman–Crippen MR) is 91.5 cm³/mol. The van der Waals surface area contributed by atoms with Crippen LogP contribution in [0.5, 0.6) is 0 Å². The van der Waals surface area contributed by atoms with E-state index >= 15 is 0 Å². The second-order valence-corrected chi connectivity index (χ2v) is 8.73. The largest absolute Gasteiger partial charge is 0.505 e. The van der Waals surface area contributed by atoms with Crippen molar-refractivity contribution in [2.24, 2.45) is 0 Å². The minimum Gasteiger partial charge on any atom is -0.505 e. The van der Waals surface area contributed by atoms with Gasteiger partial charge in [0.05, 0.1) is 32.6 Å². The van der Waals surface area contributed by atoms with Gasteiger partial charge in [-0.05, 0) is 12.1 Å². The molecule has 1 amide bonds. The summed E-state index contributed by atoms with van der Waals surface area (Å²) in [7, 11) is 3.57. The molecule has 0 saturated heterocycles. The number of quaternary nitrogens is 1. The summed E-state index contributed by atoms with van der Waals surface area (Å²) in [4.78, 5) is 12.4. The van der Waals surface area contributed by atoms with E-state index < -0.39 is 15.9 Å². The lowest BCUT2D eigenvalue weighted by molar-refractivity contribution is -0.870. The fourth-order valence-corrected chi connectivity index (χ4v) is 3.92. The van der Waals surface area contributed by atoms with E-state index in [-0.39, 0.29) is 21.9 Å². The Hall–Kier alpha value is -2.06. The molecule has 0 aromatic heterocycles. The maximum absolute atomic E-state index is 12.5. The van der Waals surface area contributed by atoms with E-state index in [2.05, 4.69) is 26.5 Å². The van der Waals surface area contributed by atoms with Gasteiger partial charge in [0.1, 0.15) is 0 Å². The molecule has 0 atom stereocenters. The minimum absolute atomic E-state index is 0.00779. The molecule has 2 N–H and O–H groups in total. The molecule has 0 fully saturated rings. The summed E-state index contributed by atoms with van der Waals surface area (Å²) >= 11 is 0. The second kappa shape index (κ2) is 6.45. The molecule has 0 saturated carbocycles. The van der Waals surface area contributed by atoms with Crippen molar-refractivity contribution >= 4 is 21.7 Å². The van der Waals surface area contributed by atoms with E-state index in [1.54, 1.807) is 12.1 Å². The standard InChI is InChI=1S/C16H23N3O4S/c1-18-14(16(21)17-10-7-11-19(2,3)4)15(20)12-8-5-6-9-13(12)24(18,22)23/h5-6,8-9H,7,10-11H2,1-4H3,(H-,17,20,21)/p+1/i16+2. The fourth-order valence-electron chi connectivity index (χ4n) is 2.52. The Balaban J connectivity index is 2.24. The van der Waals surface area contributed by atoms with Gasteiger partial charge >= 0.3 is 0 Å².